The molecule has 2 N–H and O–H groups in total. The minimum absolute atomic E-state index is 0.126. The van der Waals surface area contributed by atoms with Crippen molar-refractivity contribution in [3.05, 3.63) is 52.3 Å². The van der Waals surface area contributed by atoms with E-state index in [2.05, 4.69) is 10.3 Å². The summed E-state index contributed by atoms with van der Waals surface area (Å²) in [6, 6.07) is 8.38. The molecule has 1 aromatic heterocycles. The summed E-state index contributed by atoms with van der Waals surface area (Å²) in [7, 11) is 1.24. The zero-order valence-corrected chi connectivity index (χ0v) is 14.1. The summed E-state index contributed by atoms with van der Waals surface area (Å²) in [5.74, 6) is -1.21. The first-order valence-corrected chi connectivity index (χ1v) is 7.48. The Balaban J connectivity index is 2.24. The summed E-state index contributed by atoms with van der Waals surface area (Å²) in [4.78, 5) is 38.8. The van der Waals surface area contributed by atoms with Crippen LogP contribution >= 0.6 is 0 Å². The molecule has 0 aliphatic heterocycles. The molecule has 0 fully saturated rings. The van der Waals surface area contributed by atoms with Gasteiger partial charge >= 0.3 is 5.97 Å². The number of aromatic amines is 1. The van der Waals surface area contributed by atoms with Crippen molar-refractivity contribution in [3.8, 4) is 6.07 Å². The maximum absolute atomic E-state index is 12.3. The van der Waals surface area contributed by atoms with Crippen LogP contribution in [0, 0.1) is 18.3 Å². The van der Waals surface area contributed by atoms with E-state index < -0.39 is 5.97 Å². The molecule has 0 spiro atoms. The van der Waals surface area contributed by atoms with E-state index >= 15 is 0 Å². The van der Waals surface area contributed by atoms with Crippen molar-refractivity contribution in [1.82, 2.24) is 4.98 Å². The van der Waals surface area contributed by atoms with Crippen molar-refractivity contribution in [1.29, 1.82) is 5.26 Å². The summed E-state index contributed by atoms with van der Waals surface area (Å²) < 4.78 is 4.74. The summed E-state index contributed by atoms with van der Waals surface area (Å²) in [5, 5.41) is 11.4. The van der Waals surface area contributed by atoms with Crippen molar-refractivity contribution < 1.29 is 19.1 Å². The number of aromatic nitrogens is 1. The fourth-order valence-electron chi connectivity index (χ4n) is 2.52. The van der Waals surface area contributed by atoms with Crippen molar-refractivity contribution in [2.24, 2.45) is 0 Å². The van der Waals surface area contributed by atoms with Gasteiger partial charge in [0.1, 0.15) is 0 Å². The van der Waals surface area contributed by atoms with Crippen LogP contribution in [0.25, 0.3) is 0 Å². The van der Waals surface area contributed by atoms with Crippen LogP contribution in [0.2, 0.25) is 0 Å². The van der Waals surface area contributed by atoms with E-state index in [1.807, 2.05) is 6.07 Å². The van der Waals surface area contributed by atoms with Crippen LogP contribution in [0.15, 0.2) is 24.3 Å². The molecule has 0 atom stereocenters. The first-order chi connectivity index (χ1) is 11.9. The molecule has 2 aromatic rings. The van der Waals surface area contributed by atoms with Gasteiger partial charge in [0.15, 0.2) is 5.78 Å². The molecule has 1 amide bonds. The first-order valence-electron chi connectivity index (χ1n) is 7.48. The zero-order valence-electron chi connectivity index (χ0n) is 14.1. The van der Waals surface area contributed by atoms with Crippen LogP contribution in [0.4, 0.5) is 5.69 Å². The van der Waals surface area contributed by atoms with Gasteiger partial charge in [-0.05, 0) is 36.8 Å². The number of hydrogen-bond acceptors (Lipinski definition) is 5. The summed E-state index contributed by atoms with van der Waals surface area (Å²) >= 11 is 0. The molecule has 2 rings (SSSR count). The quantitative estimate of drug-likeness (QED) is 0.641. The lowest BCUT2D eigenvalue weighted by Gasteiger charge is -2.06. The Morgan fingerprint density at radius 3 is 2.40 bits per heavy atom. The molecule has 7 heteroatoms. The van der Waals surface area contributed by atoms with Gasteiger partial charge in [-0.2, -0.15) is 5.26 Å². The molecule has 0 aliphatic carbocycles. The highest BCUT2D eigenvalue weighted by molar-refractivity contribution is 6.02. The number of esters is 1. The Labute approximate surface area is 144 Å². The highest BCUT2D eigenvalue weighted by Crippen LogP contribution is 2.21. The van der Waals surface area contributed by atoms with E-state index in [1.54, 1.807) is 31.2 Å². The monoisotopic (exact) mass is 339 g/mol. The number of methoxy groups -OCH3 is 1. The van der Waals surface area contributed by atoms with Gasteiger partial charge < -0.3 is 15.0 Å². The van der Waals surface area contributed by atoms with Crippen molar-refractivity contribution >= 4 is 23.3 Å². The summed E-state index contributed by atoms with van der Waals surface area (Å²) in [6.07, 6.45) is -0.126. The standard InChI is InChI=1S/C18H17N3O4/c1-10-16(18(24)25-3)14(21-17(10)11(2)22)8-15(23)20-13-6-4-12(9-19)5-7-13/h4-7,21H,8H2,1-3H3,(H,20,23). The highest BCUT2D eigenvalue weighted by atomic mass is 16.5. The smallest absolute Gasteiger partial charge is 0.339 e. The fraction of sp³-hybridized carbons (Fsp3) is 0.222. The number of H-pyrrole nitrogens is 1. The van der Waals surface area contributed by atoms with E-state index in [0.29, 0.717) is 22.5 Å². The molecule has 25 heavy (non-hydrogen) atoms. The van der Waals surface area contributed by atoms with Crippen LogP contribution in [-0.4, -0.2) is 29.8 Å². The van der Waals surface area contributed by atoms with E-state index in [0.717, 1.165) is 0 Å². The third-order valence-electron chi connectivity index (χ3n) is 3.70. The minimum Gasteiger partial charge on any atom is -0.465 e. The van der Waals surface area contributed by atoms with Gasteiger partial charge in [-0.15, -0.1) is 0 Å². The lowest BCUT2D eigenvalue weighted by Crippen LogP contribution is -2.17. The Morgan fingerprint density at radius 1 is 1.24 bits per heavy atom. The third-order valence-corrected chi connectivity index (χ3v) is 3.70. The molecule has 128 valence electrons. The number of nitrogens with zero attached hydrogens (tertiary/aromatic N) is 1. The lowest BCUT2D eigenvalue weighted by molar-refractivity contribution is -0.115. The van der Waals surface area contributed by atoms with Gasteiger partial charge in [0, 0.05) is 18.3 Å². The van der Waals surface area contributed by atoms with Crippen molar-refractivity contribution in [3.63, 3.8) is 0 Å². The fourth-order valence-corrected chi connectivity index (χ4v) is 2.52. The molecule has 1 heterocycles. The number of benzene rings is 1. The van der Waals surface area contributed by atoms with E-state index in [9.17, 15) is 14.4 Å². The van der Waals surface area contributed by atoms with Gasteiger partial charge in [0.25, 0.3) is 0 Å². The Morgan fingerprint density at radius 2 is 1.88 bits per heavy atom. The predicted octanol–water partition coefficient (Wildman–Crippen LogP) is 2.37. The number of ketones is 1. The number of hydrogen-bond donors (Lipinski definition) is 2. The molecule has 0 radical (unpaired) electrons. The highest BCUT2D eigenvalue weighted by Gasteiger charge is 2.24. The number of nitriles is 1. The van der Waals surface area contributed by atoms with E-state index in [-0.39, 0.29) is 29.4 Å². The van der Waals surface area contributed by atoms with Crippen LogP contribution in [0.1, 0.15) is 44.6 Å². The van der Waals surface area contributed by atoms with Crippen LogP contribution in [0.5, 0.6) is 0 Å². The number of carbonyl (C=O) groups excluding carboxylic acids is 3. The van der Waals surface area contributed by atoms with Crippen LogP contribution in [0.3, 0.4) is 0 Å². The van der Waals surface area contributed by atoms with Crippen molar-refractivity contribution in [2.75, 3.05) is 12.4 Å². The molecule has 0 aliphatic rings. The second-order valence-corrected chi connectivity index (χ2v) is 5.44. The number of amides is 1. The van der Waals surface area contributed by atoms with Gasteiger partial charge in [0.05, 0.1) is 36.4 Å². The van der Waals surface area contributed by atoms with Gasteiger partial charge in [0.2, 0.25) is 5.91 Å². The number of ether oxygens (including phenoxy) is 1. The Bertz CT molecular complexity index is 873. The average molecular weight is 339 g/mol. The van der Waals surface area contributed by atoms with E-state index in [4.69, 9.17) is 10.00 Å². The topological polar surface area (TPSA) is 112 Å². The molecule has 0 bridgehead atoms. The molecule has 0 saturated heterocycles. The third kappa shape index (κ3) is 3.93. The van der Waals surface area contributed by atoms with Gasteiger partial charge in [-0.1, -0.05) is 0 Å². The second-order valence-electron chi connectivity index (χ2n) is 5.44. The number of rotatable bonds is 5. The number of anilines is 1. The molecule has 0 unspecified atom stereocenters. The SMILES string of the molecule is COC(=O)c1c(CC(=O)Nc2ccc(C#N)cc2)[nH]c(C(C)=O)c1C. The second kappa shape index (κ2) is 7.45. The zero-order chi connectivity index (χ0) is 18.6. The lowest BCUT2D eigenvalue weighted by atomic mass is 10.1. The van der Waals surface area contributed by atoms with Crippen LogP contribution in [-0.2, 0) is 16.0 Å². The van der Waals surface area contributed by atoms with Gasteiger partial charge in [-0.25, -0.2) is 4.79 Å². The molecular formula is C18H17N3O4. The number of carbonyl (C=O) groups is 3. The number of nitrogens with one attached hydrogen (secondary N) is 2. The molecule has 7 nitrogen and oxygen atoms in total. The molecule has 0 saturated carbocycles. The van der Waals surface area contributed by atoms with Crippen LogP contribution < -0.4 is 5.32 Å². The maximum atomic E-state index is 12.3. The molecule has 1 aromatic carbocycles. The Hall–Kier alpha value is -3.40. The normalized spacial score (nSPS) is 10.0. The largest absolute Gasteiger partial charge is 0.465 e. The number of Topliss-reactive ketones (excluding diaryl/α,β-unsaturated/α-hetero) is 1. The maximum Gasteiger partial charge on any atom is 0.339 e. The minimum atomic E-state index is -0.609. The van der Waals surface area contributed by atoms with E-state index in [1.165, 1.54) is 14.0 Å². The first kappa shape index (κ1) is 17.9. The summed E-state index contributed by atoms with van der Waals surface area (Å²) in [5.41, 5.74) is 2.27. The summed E-state index contributed by atoms with van der Waals surface area (Å²) in [6.45, 7) is 3.00. The average Bonchev–Trinajstić information content (AvgIpc) is 2.91. The predicted molar refractivity (Wildman–Crippen MR) is 90.4 cm³/mol. The Kier molecular flexibility index (Phi) is 5.35. The van der Waals surface area contributed by atoms with Crippen molar-refractivity contribution in [2.45, 2.75) is 20.3 Å². The molecular weight excluding hydrogens is 322 g/mol. The van der Waals surface area contributed by atoms with Gasteiger partial charge in [-0.3, -0.25) is 9.59 Å².